The molecule has 0 amide bonds. The summed E-state index contributed by atoms with van der Waals surface area (Å²) in [7, 11) is 0. The second-order valence-electron chi connectivity index (χ2n) is 4.05. The fourth-order valence-corrected chi connectivity index (χ4v) is 1.06. The number of aryl methyl sites for hydroxylation is 1. The molecule has 1 rings (SSSR count). The molecule has 0 aromatic heterocycles. The van der Waals surface area contributed by atoms with E-state index >= 15 is 0 Å². The first-order valence-electron chi connectivity index (χ1n) is 5.06. The van der Waals surface area contributed by atoms with Crippen molar-refractivity contribution in [1.29, 1.82) is 0 Å². The van der Waals surface area contributed by atoms with E-state index in [2.05, 4.69) is 0 Å². The van der Waals surface area contributed by atoms with Crippen molar-refractivity contribution in [2.24, 2.45) is 0 Å². The zero-order valence-corrected chi connectivity index (χ0v) is 9.38. The van der Waals surface area contributed by atoms with Crippen LogP contribution in [0.2, 0.25) is 0 Å². The van der Waals surface area contributed by atoms with Crippen LogP contribution in [0.15, 0.2) is 18.2 Å². The van der Waals surface area contributed by atoms with Crippen molar-refractivity contribution in [1.82, 2.24) is 0 Å². The Kier molecular flexibility index (Phi) is 3.69. The summed E-state index contributed by atoms with van der Waals surface area (Å²) in [5.74, 6) is 0.162. The highest BCUT2D eigenvalue weighted by Gasteiger charge is 2.18. The van der Waals surface area contributed by atoms with Gasteiger partial charge in [0.15, 0.2) is 0 Å². The summed E-state index contributed by atoms with van der Waals surface area (Å²) in [5.41, 5.74) is 0.00183. The molecule has 0 aliphatic rings. The maximum Gasteiger partial charge on any atom is 0.126 e. The predicted molar refractivity (Wildman–Crippen MR) is 57.5 cm³/mol. The number of aliphatic hydroxyl groups is 1. The first-order valence-corrected chi connectivity index (χ1v) is 5.06. The lowest BCUT2D eigenvalue weighted by Gasteiger charge is -2.22. The third kappa shape index (κ3) is 3.51. The van der Waals surface area contributed by atoms with Gasteiger partial charge in [0.25, 0.3) is 0 Å². The summed E-state index contributed by atoms with van der Waals surface area (Å²) in [5, 5.41) is 9.73. The van der Waals surface area contributed by atoms with Crippen molar-refractivity contribution in [3.05, 3.63) is 29.6 Å². The maximum absolute atomic E-state index is 12.9. The fourth-order valence-electron chi connectivity index (χ4n) is 1.06. The molecule has 1 N–H and O–H groups in total. The van der Waals surface area contributed by atoms with E-state index in [0.29, 0.717) is 12.2 Å². The molecule has 1 atom stereocenters. The summed E-state index contributed by atoms with van der Waals surface area (Å²) < 4.78 is 18.3. The maximum atomic E-state index is 12.9. The normalized spacial score (nSPS) is 14.7. The van der Waals surface area contributed by atoms with Crippen LogP contribution in [0.1, 0.15) is 25.8 Å². The van der Waals surface area contributed by atoms with Crippen molar-refractivity contribution in [2.75, 3.05) is 6.61 Å². The summed E-state index contributed by atoms with van der Waals surface area (Å²) in [6.07, 6.45) is 0.599. The molecule has 1 unspecified atom stereocenters. The summed E-state index contributed by atoms with van der Waals surface area (Å²) in [4.78, 5) is 0. The Balaban J connectivity index is 2.69. The molecule has 15 heavy (non-hydrogen) atoms. The Morgan fingerprint density at radius 2 is 2.13 bits per heavy atom. The van der Waals surface area contributed by atoms with Crippen molar-refractivity contribution in [3.63, 3.8) is 0 Å². The molecule has 0 aliphatic carbocycles. The minimum Gasteiger partial charge on any atom is -0.490 e. The molecule has 1 aromatic carbocycles. The third-order valence-electron chi connectivity index (χ3n) is 2.45. The molecule has 0 spiro atoms. The minimum atomic E-state index is -0.862. The Morgan fingerprint density at radius 1 is 1.47 bits per heavy atom. The Hall–Kier alpha value is -1.09. The molecule has 0 radical (unpaired) electrons. The van der Waals surface area contributed by atoms with Gasteiger partial charge in [0, 0.05) is 6.07 Å². The highest BCUT2D eigenvalue weighted by atomic mass is 19.1. The molecule has 2 nitrogen and oxygen atoms in total. The monoisotopic (exact) mass is 212 g/mol. The molecule has 1 aromatic rings. The number of benzene rings is 1. The fraction of sp³-hybridized carbons (Fsp3) is 0.500. The van der Waals surface area contributed by atoms with Gasteiger partial charge in [0.2, 0.25) is 0 Å². The molecular weight excluding hydrogens is 195 g/mol. The van der Waals surface area contributed by atoms with Crippen LogP contribution in [0.3, 0.4) is 0 Å². The van der Waals surface area contributed by atoms with Crippen LogP contribution in [-0.4, -0.2) is 17.3 Å². The molecule has 0 bridgehead atoms. The summed E-state index contributed by atoms with van der Waals surface area (Å²) in [6, 6.07) is 4.38. The number of ether oxygens (including phenoxy) is 1. The number of hydrogen-bond acceptors (Lipinski definition) is 2. The topological polar surface area (TPSA) is 29.5 Å². The molecule has 0 aliphatic heterocycles. The van der Waals surface area contributed by atoms with Crippen LogP contribution < -0.4 is 4.74 Å². The first-order chi connectivity index (χ1) is 6.94. The van der Waals surface area contributed by atoms with Crippen molar-refractivity contribution in [2.45, 2.75) is 32.8 Å². The lowest BCUT2D eigenvalue weighted by Crippen LogP contribution is -2.31. The van der Waals surface area contributed by atoms with Gasteiger partial charge in [-0.15, -0.1) is 0 Å². The van der Waals surface area contributed by atoms with Gasteiger partial charge in [0.05, 0.1) is 5.60 Å². The molecule has 0 saturated heterocycles. The lowest BCUT2D eigenvalue weighted by atomic mass is 10.1. The van der Waals surface area contributed by atoms with E-state index in [-0.39, 0.29) is 12.4 Å². The van der Waals surface area contributed by atoms with Gasteiger partial charge in [0.1, 0.15) is 18.2 Å². The molecule has 84 valence electrons. The molecule has 0 heterocycles. The molecule has 0 fully saturated rings. The highest BCUT2D eigenvalue weighted by Crippen LogP contribution is 2.20. The minimum absolute atomic E-state index is 0.174. The van der Waals surface area contributed by atoms with Crippen LogP contribution in [-0.2, 0) is 0 Å². The number of hydrogen-bond donors (Lipinski definition) is 1. The van der Waals surface area contributed by atoms with Gasteiger partial charge < -0.3 is 9.84 Å². The highest BCUT2D eigenvalue weighted by molar-refractivity contribution is 5.32. The van der Waals surface area contributed by atoms with Crippen molar-refractivity contribution in [3.8, 4) is 5.75 Å². The average molecular weight is 212 g/mol. The van der Waals surface area contributed by atoms with E-state index in [4.69, 9.17) is 4.74 Å². The summed E-state index contributed by atoms with van der Waals surface area (Å²) >= 11 is 0. The second kappa shape index (κ2) is 4.62. The van der Waals surface area contributed by atoms with Gasteiger partial charge >= 0.3 is 0 Å². The second-order valence-corrected chi connectivity index (χ2v) is 4.05. The van der Waals surface area contributed by atoms with Crippen LogP contribution in [0, 0.1) is 12.7 Å². The van der Waals surface area contributed by atoms with E-state index < -0.39 is 5.60 Å². The molecule has 0 saturated carbocycles. The van der Waals surface area contributed by atoms with Gasteiger partial charge in [-0.25, -0.2) is 4.39 Å². The first kappa shape index (κ1) is 12.0. The molecule has 3 heteroatoms. The van der Waals surface area contributed by atoms with Gasteiger partial charge in [-0.3, -0.25) is 0 Å². The number of halogens is 1. The largest absolute Gasteiger partial charge is 0.490 e. The Morgan fingerprint density at radius 3 is 2.73 bits per heavy atom. The smallest absolute Gasteiger partial charge is 0.126 e. The zero-order chi connectivity index (χ0) is 11.5. The third-order valence-corrected chi connectivity index (χ3v) is 2.45. The zero-order valence-electron chi connectivity index (χ0n) is 9.38. The van der Waals surface area contributed by atoms with Gasteiger partial charge in [-0.1, -0.05) is 13.0 Å². The standard InChI is InChI=1S/C12H17FO2/c1-4-12(3,14)8-15-11-7-10(13)6-5-9(11)2/h5-7,14H,4,8H2,1-3H3. The van der Waals surface area contributed by atoms with Crippen LogP contribution in [0.25, 0.3) is 0 Å². The van der Waals surface area contributed by atoms with Crippen molar-refractivity contribution < 1.29 is 14.2 Å². The predicted octanol–water partition coefficient (Wildman–Crippen LogP) is 2.67. The molecular formula is C12H17FO2. The van der Waals surface area contributed by atoms with Crippen LogP contribution >= 0.6 is 0 Å². The van der Waals surface area contributed by atoms with E-state index in [1.165, 1.54) is 12.1 Å². The Bertz CT molecular complexity index is 334. The van der Waals surface area contributed by atoms with Crippen molar-refractivity contribution >= 4 is 0 Å². The quantitative estimate of drug-likeness (QED) is 0.831. The summed E-state index contributed by atoms with van der Waals surface area (Å²) in [6.45, 7) is 5.59. The van der Waals surface area contributed by atoms with E-state index in [1.54, 1.807) is 13.0 Å². The van der Waals surface area contributed by atoms with Gasteiger partial charge in [-0.05, 0) is 31.9 Å². The SMILES string of the molecule is CCC(C)(O)COc1cc(F)ccc1C. The average Bonchev–Trinajstić information content (AvgIpc) is 2.20. The van der Waals surface area contributed by atoms with E-state index in [0.717, 1.165) is 5.56 Å². The van der Waals surface area contributed by atoms with Crippen LogP contribution in [0.4, 0.5) is 4.39 Å². The van der Waals surface area contributed by atoms with Crippen LogP contribution in [0.5, 0.6) is 5.75 Å². The van der Waals surface area contributed by atoms with E-state index in [1.807, 2.05) is 13.8 Å². The van der Waals surface area contributed by atoms with Gasteiger partial charge in [-0.2, -0.15) is 0 Å². The number of rotatable bonds is 4. The Labute approximate surface area is 89.7 Å². The van der Waals surface area contributed by atoms with E-state index in [9.17, 15) is 9.50 Å². The lowest BCUT2D eigenvalue weighted by molar-refractivity contribution is 0.00818.